The maximum absolute atomic E-state index is 14.6. The van der Waals surface area contributed by atoms with Crippen molar-refractivity contribution in [2.75, 3.05) is 38.1 Å². The van der Waals surface area contributed by atoms with Crippen LogP contribution in [0.1, 0.15) is 11.1 Å². The van der Waals surface area contributed by atoms with Crippen LogP contribution in [0.2, 0.25) is 0 Å². The van der Waals surface area contributed by atoms with Crippen LogP contribution in [0.15, 0.2) is 59.7 Å². The average Bonchev–Trinajstić information content (AvgIpc) is 3.30. The summed E-state index contributed by atoms with van der Waals surface area (Å²) < 4.78 is 10.00. The molecule has 0 radical (unpaired) electrons. The smallest absolute Gasteiger partial charge is 0.335 e. The van der Waals surface area contributed by atoms with E-state index in [2.05, 4.69) is 0 Å². The topological polar surface area (TPSA) is 180 Å². The van der Waals surface area contributed by atoms with Crippen LogP contribution in [0, 0.1) is 20.2 Å². The van der Waals surface area contributed by atoms with Gasteiger partial charge in [0, 0.05) is 60.9 Å². The van der Waals surface area contributed by atoms with Crippen molar-refractivity contribution in [2.24, 2.45) is 0 Å². The number of rotatable bonds is 4. The summed E-state index contributed by atoms with van der Waals surface area (Å²) in [7, 11) is 4.78. The molecule has 0 fully saturated rings. The van der Waals surface area contributed by atoms with E-state index in [-0.39, 0.29) is 22.5 Å². The molecule has 0 saturated heterocycles. The zero-order valence-electron chi connectivity index (χ0n) is 21.5. The maximum Gasteiger partial charge on any atom is 0.335 e. The number of nitrogens with zero attached hydrogens (tertiary/aromatic N) is 4. The summed E-state index contributed by atoms with van der Waals surface area (Å²) in [6.07, 6.45) is 2.26. The molecule has 40 heavy (non-hydrogen) atoms. The third-order valence-corrected chi connectivity index (χ3v) is 7.76. The van der Waals surface area contributed by atoms with Crippen molar-refractivity contribution in [2.45, 2.75) is 10.8 Å². The van der Waals surface area contributed by atoms with Gasteiger partial charge in [-0.2, -0.15) is 0 Å². The molecule has 0 saturated carbocycles. The van der Waals surface area contributed by atoms with Crippen molar-refractivity contribution < 1.29 is 38.5 Å². The monoisotopic (exact) mass is 548 g/mol. The Balaban J connectivity index is 2.08. The van der Waals surface area contributed by atoms with Gasteiger partial charge in [0.25, 0.3) is 11.4 Å². The van der Waals surface area contributed by atoms with Crippen molar-refractivity contribution in [1.82, 2.24) is 0 Å². The Morgan fingerprint density at radius 2 is 1.07 bits per heavy atom. The van der Waals surface area contributed by atoms with Gasteiger partial charge in [0.2, 0.25) is 11.8 Å². The molecule has 2 aromatic rings. The number of fused-ring (bicyclic) bond motifs is 5. The van der Waals surface area contributed by atoms with E-state index < -0.39 is 67.0 Å². The van der Waals surface area contributed by atoms with E-state index in [0.717, 1.165) is 60.4 Å². The number of likely N-dealkylation sites (N-methyl/N-ethyl adjacent to an activating group) is 2. The zero-order valence-corrected chi connectivity index (χ0v) is 21.5. The van der Waals surface area contributed by atoms with Crippen molar-refractivity contribution in [1.29, 1.82) is 0 Å². The minimum Gasteiger partial charge on any atom is -0.466 e. The quantitative estimate of drug-likeness (QED) is 0.311. The van der Waals surface area contributed by atoms with E-state index in [9.17, 15) is 39.4 Å². The number of amides is 2. The zero-order chi connectivity index (χ0) is 29.3. The highest BCUT2D eigenvalue weighted by Gasteiger charge is 2.76. The number of nitro groups is 2. The largest absolute Gasteiger partial charge is 0.466 e. The number of methoxy groups -OCH3 is 2. The predicted octanol–water partition coefficient (Wildman–Crippen LogP) is 1.84. The van der Waals surface area contributed by atoms with Crippen LogP contribution in [-0.4, -0.2) is 61.9 Å². The molecule has 2 atom stereocenters. The molecule has 5 rings (SSSR count). The number of hydrogen-bond donors (Lipinski definition) is 0. The van der Waals surface area contributed by atoms with Crippen molar-refractivity contribution in [3.05, 3.63) is 91.1 Å². The molecular formula is C26H20N4O10. The van der Waals surface area contributed by atoms with E-state index in [4.69, 9.17) is 9.47 Å². The number of ether oxygens (including phenoxy) is 2. The molecule has 2 aliphatic heterocycles. The first-order chi connectivity index (χ1) is 18.9. The van der Waals surface area contributed by atoms with Gasteiger partial charge in [-0.15, -0.1) is 0 Å². The molecule has 2 amide bonds. The highest BCUT2D eigenvalue weighted by molar-refractivity contribution is 6.27. The van der Waals surface area contributed by atoms with E-state index in [1.165, 1.54) is 26.2 Å². The van der Waals surface area contributed by atoms with Gasteiger partial charge in [0.1, 0.15) is 10.8 Å². The standard InChI is InChI=1S/C26H20N4O10/c1-27-19-9-5-13(29(35)36)11-17(19)25(23(27)33)15(21(31)39-3)7-8-16(22(32)40-4)26(25)18-12-14(30(37)38)6-10-20(18)28(2)24(26)34/h5-12H,1-4H3/t25-,26-/m0/s1. The van der Waals surface area contributed by atoms with E-state index in [1.807, 2.05) is 0 Å². The van der Waals surface area contributed by atoms with E-state index >= 15 is 0 Å². The number of hydrogen-bond acceptors (Lipinski definition) is 10. The lowest BCUT2D eigenvalue weighted by Crippen LogP contribution is -2.64. The fraction of sp³-hybridized carbons (Fsp3) is 0.231. The number of anilines is 2. The molecule has 14 heteroatoms. The Morgan fingerprint density at radius 1 is 0.725 bits per heavy atom. The molecule has 0 unspecified atom stereocenters. The van der Waals surface area contributed by atoms with Gasteiger partial charge >= 0.3 is 11.9 Å². The maximum atomic E-state index is 14.6. The number of benzene rings is 2. The van der Waals surface area contributed by atoms with E-state index in [0.29, 0.717) is 0 Å². The minimum atomic E-state index is -2.46. The third-order valence-electron chi connectivity index (χ3n) is 7.76. The Morgan fingerprint density at radius 3 is 1.38 bits per heavy atom. The fourth-order valence-corrected chi connectivity index (χ4v) is 6.14. The van der Waals surface area contributed by atoms with Crippen LogP contribution >= 0.6 is 0 Å². The van der Waals surface area contributed by atoms with Gasteiger partial charge in [-0.05, 0) is 24.3 Å². The van der Waals surface area contributed by atoms with Gasteiger partial charge in [0.05, 0.1) is 35.2 Å². The van der Waals surface area contributed by atoms with Gasteiger partial charge in [-0.1, -0.05) is 0 Å². The lowest BCUT2D eigenvalue weighted by atomic mass is 9.49. The fourth-order valence-electron chi connectivity index (χ4n) is 6.14. The van der Waals surface area contributed by atoms with E-state index in [1.54, 1.807) is 0 Å². The number of nitro benzene ring substituents is 2. The Kier molecular flexibility index (Phi) is 5.61. The number of non-ortho nitro benzene ring substituents is 2. The van der Waals surface area contributed by atoms with Gasteiger partial charge in [-0.3, -0.25) is 29.8 Å². The highest BCUT2D eigenvalue weighted by Crippen LogP contribution is 2.65. The Hall–Kier alpha value is -5.40. The molecule has 2 heterocycles. The number of esters is 2. The third kappa shape index (κ3) is 2.86. The van der Waals surface area contributed by atoms with Crippen molar-refractivity contribution in [3.63, 3.8) is 0 Å². The molecule has 0 N–H and O–H groups in total. The van der Waals surface area contributed by atoms with Crippen molar-refractivity contribution >= 4 is 46.5 Å². The average molecular weight is 548 g/mol. The first kappa shape index (κ1) is 26.2. The second-order valence-corrected chi connectivity index (χ2v) is 9.29. The van der Waals surface area contributed by atoms with Crippen LogP contribution < -0.4 is 9.80 Å². The molecule has 0 bridgehead atoms. The van der Waals surface area contributed by atoms with Gasteiger partial charge in [0.15, 0.2) is 0 Å². The van der Waals surface area contributed by atoms with Crippen LogP contribution in [0.3, 0.4) is 0 Å². The van der Waals surface area contributed by atoms with Crippen molar-refractivity contribution in [3.8, 4) is 0 Å². The second kappa shape index (κ2) is 8.56. The lowest BCUT2D eigenvalue weighted by molar-refractivity contribution is -0.385. The molecule has 2 aromatic carbocycles. The normalized spacial score (nSPS) is 22.6. The molecular weight excluding hydrogens is 528 g/mol. The van der Waals surface area contributed by atoms with Crippen LogP contribution in [0.4, 0.5) is 22.7 Å². The first-order valence-electron chi connectivity index (χ1n) is 11.6. The highest BCUT2D eigenvalue weighted by atomic mass is 16.6. The molecule has 0 aromatic heterocycles. The van der Waals surface area contributed by atoms with Gasteiger partial charge < -0.3 is 19.3 Å². The number of carbonyl (C=O) groups is 4. The molecule has 204 valence electrons. The number of allylic oxidation sites excluding steroid dienone is 2. The minimum absolute atomic E-state index is 0.116. The first-order valence-corrected chi connectivity index (χ1v) is 11.6. The van der Waals surface area contributed by atoms with Gasteiger partial charge in [-0.25, -0.2) is 9.59 Å². The predicted molar refractivity (Wildman–Crippen MR) is 137 cm³/mol. The summed E-state index contributed by atoms with van der Waals surface area (Å²) in [5, 5.41) is 23.7. The Labute approximate surface area is 225 Å². The summed E-state index contributed by atoms with van der Waals surface area (Å²) in [4.78, 5) is 80.4. The van der Waals surface area contributed by atoms with Crippen LogP contribution in [-0.2, 0) is 39.5 Å². The SMILES string of the molecule is COC(=O)C1=CC=C(C(=O)OC)[C@]2(C(=O)N(C)c3ccc([N+](=O)[O-])cc32)[C@@]12C(=O)N(C)c1ccc([N+](=O)[O-])cc12. The second-order valence-electron chi connectivity index (χ2n) is 9.29. The van der Waals surface area contributed by atoms with Crippen LogP contribution in [0.5, 0.6) is 0 Å². The summed E-state index contributed by atoms with van der Waals surface area (Å²) in [6.45, 7) is 0. The Bertz CT molecular complexity index is 1540. The summed E-state index contributed by atoms with van der Waals surface area (Å²) >= 11 is 0. The number of carbonyl (C=O) groups excluding carboxylic acids is 4. The molecule has 3 aliphatic rings. The molecule has 14 nitrogen and oxygen atoms in total. The molecule has 1 aliphatic carbocycles. The summed E-state index contributed by atoms with van der Waals surface area (Å²) in [5.41, 5.74) is -6.70. The summed E-state index contributed by atoms with van der Waals surface area (Å²) in [5.74, 6) is -3.91. The lowest BCUT2D eigenvalue weighted by Gasteiger charge is -2.46. The molecule has 2 spiro atoms. The van der Waals surface area contributed by atoms with Crippen LogP contribution in [0.25, 0.3) is 0 Å². The summed E-state index contributed by atoms with van der Waals surface area (Å²) in [6, 6.07) is 6.98.